The lowest BCUT2D eigenvalue weighted by Crippen LogP contribution is -2.14. The van der Waals surface area contributed by atoms with Crippen molar-refractivity contribution < 1.29 is 40.6 Å². The van der Waals surface area contributed by atoms with Crippen LogP contribution in [0.5, 0.6) is 11.5 Å². The van der Waals surface area contributed by atoms with Gasteiger partial charge in [-0.15, -0.1) is 10.2 Å². The van der Waals surface area contributed by atoms with E-state index in [1.165, 1.54) is 31.4 Å². The van der Waals surface area contributed by atoms with Crippen molar-refractivity contribution in [2.75, 3.05) is 12.4 Å². The van der Waals surface area contributed by atoms with Crippen molar-refractivity contribution in [2.24, 2.45) is 0 Å². The number of halogens is 6. The number of hydrogen-bond acceptors (Lipinski definition) is 7. The van der Waals surface area contributed by atoms with Gasteiger partial charge in [0.15, 0.2) is 11.5 Å². The van der Waals surface area contributed by atoms with E-state index in [2.05, 4.69) is 15.5 Å². The maximum atomic E-state index is 13.4. The van der Waals surface area contributed by atoms with Crippen LogP contribution in [-0.2, 0) is 23.8 Å². The first-order chi connectivity index (χ1) is 17.3. The van der Waals surface area contributed by atoms with Crippen LogP contribution in [0, 0.1) is 18.3 Å². The number of hydrogen-bond donors (Lipinski definition) is 1. The lowest BCUT2D eigenvalue weighted by Gasteiger charge is -2.17. The molecule has 0 saturated carbocycles. The number of amides is 1. The van der Waals surface area contributed by atoms with Gasteiger partial charge in [-0.3, -0.25) is 10.1 Å². The van der Waals surface area contributed by atoms with Crippen molar-refractivity contribution in [1.29, 1.82) is 5.26 Å². The summed E-state index contributed by atoms with van der Waals surface area (Å²) in [5.74, 6) is -0.702. The summed E-state index contributed by atoms with van der Waals surface area (Å²) in [6.45, 7) is 0.984. The van der Waals surface area contributed by atoms with E-state index in [9.17, 15) is 36.4 Å². The Balaban J connectivity index is 1.82. The molecule has 0 atom stereocenters. The summed E-state index contributed by atoms with van der Waals surface area (Å²) in [7, 11) is 1.25. The number of methoxy groups -OCH3 is 1. The number of nitriles is 1. The zero-order chi connectivity index (χ0) is 27.4. The highest BCUT2D eigenvalue weighted by atomic mass is 32.1. The molecule has 0 aliphatic rings. The van der Waals surface area contributed by atoms with Crippen LogP contribution in [-0.4, -0.2) is 23.2 Å². The largest absolute Gasteiger partial charge is 0.493 e. The first-order valence-corrected chi connectivity index (χ1v) is 10.9. The molecule has 0 bridgehead atoms. The minimum absolute atomic E-state index is 0.0139. The van der Waals surface area contributed by atoms with Crippen molar-refractivity contribution >= 4 is 28.5 Å². The lowest BCUT2D eigenvalue weighted by atomic mass is 10.0. The number of ether oxygens (including phenoxy) is 2. The molecule has 37 heavy (non-hydrogen) atoms. The monoisotopic (exact) mass is 542 g/mol. The Morgan fingerprint density at radius 3 is 2.38 bits per heavy atom. The normalized spacial score (nSPS) is 12.1. The standard InChI is InChI=1S/C23H16F6N4O3S/c1-12-32-33-21(37-12)31-20(34)15(10-30)7-13-3-6-18(19(8-13)35-2)36-11-14-4-5-16(22(24,25)26)9-17(14)23(27,28)29/h3-9H,11H2,1-2H3,(H,31,33,34). The number of nitrogens with zero attached hydrogens (tertiary/aromatic N) is 3. The van der Waals surface area contributed by atoms with Crippen LogP contribution in [0.1, 0.15) is 27.3 Å². The Bertz CT molecular complexity index is 1380. The maximum absolute atomic E-state index is 13.4. The molecule has 1 aromatic heterocycles. The third kappa shape index (κ3) is 6.98. The summed E-state index contributed by atoms with van der Waals surface area (Å²) in [5, 5.41) is 20.1. The van der Waals surface area contributed by atoms with Crippen LogP contribution < -0.4 is 14.8 Å². The second kappa shape index (κ2) is 10.9. The average Bonchev–Trinajstić information content (AvgIpc) is 3.24. The molecule has 0 aliphatic carbocycles. The van der Waals surface area contributed by atoms with Gasteiger partial charge in [-0.1, -0.05) is 23.5 Å². The van der Waals surface area contributed by atoms with Gasteiger partial charge in [0.25, 0.3) is 5.91 Å². The van der Waals surface area contributed by atoms with E-state index in [0.29, 0.717) is 22.7 Å². The Hall–Kier alpha value is -4.12. The van der Waals surface area contributed by atoms with E-state index in [4.69, 9.17) is 9.47 Å². The zero-order valence-corrected chi connectivity index (χ0v) is 19.8. The molecule has 1 amide bonds. The molecule has 7 nitrogen and oxygen atoms in total. The van der Waals surface area contributed by atoms with Gasteiger partial charge >= 0.3 is 12.4 Å². The molecule has 1 heterocycles. The number of nitrogens with one attached hydrogen (secondary N) is 1. The summed E-state index contributed by atoms with van der Waals surface area (Å²) in [4.78, 5) is 12.4. The van der Waals surface area contributed by atoms with Crippen molar-refractivity contribution in [3.8, 4) is 17.6 Å². The highest BCUT2D eigenvalue weighted by Crippen LogP contribution is 2.38. The zero-order valence-electron chi connectivity index (χ0n) is 19.0. The predicted octanol–water partition coefficient (Wildman–Crippen LogP) is 6.02. The Labute approximate surface area is 210 Å². The summed E-state index contributed by atoms with van der Waals surface area (Å²) in [6.07, 6.45) is -8.74. The van der Waals surface area contributed by atoms with Crippen molar-refractivity contribution in [3.05, 3.63) is 69.2 Å². The van der Waals surface area contributed by atoms with E-state index in [-0.39, 0.29) is 28.3 Å². The minimum atomic E-state index is -5.04. The number of benzene rings is 2. The Kier molecular flexibility index (Phi) is 8.07. The molecule has 0 saturated heterocycles. The molecule has 194 valence electrons. The fraction of sp³-hybridized carbons (Fsp3) is 0.217. The number of aromatic nitrogens is 2. The minimum Gasteiger partial charge on any atom is -0.493 e. The van der Waals surface area contributed by atoms with Crippen LogP contribution in [0.3, 0.4) is 0 Å². The predicted molar refractivity (Wildman–Crippen MR) is 121 cm³/mol. The summed E-state index contributed by atoms with van der Waals surface area (Å²) in [6, 6.07) is 7.13. The van der Waals surface area contributed by atoms with Crippen molar-refractivity contribution in [2.45, 2.75) is 25.9 Å². The van der Waals surface area contributed by atoms with Gasteiger partial charge in [0.05, 0.1) is 18.2 Å². The Morgan fingerprint density at radius 1 is 1.08 bits per heavy atom. The van der Waals surface area contributed by atoms with E-state index in [1.807, 2.05) is 0 Å². The summed E-state index contributed by atoms with van der Waals surface area (Å²) >= 11 is 1.11. The van der Waals surface area contributed by atoms with E-state index in [1.54, 1.807) is 13.0 Å². The molecule has 2 aromatic carbocycles. The number of carbonyl (C=O) groups excluding carboxylic acids is 1. The molecule has 3 aromatic rings. The first kappa shape index (κ1) is 27.5. The topological polar surface area (TPSA) is 97.1 Å². The molecule has 3 rings (SSSR count). The third-order valence-corrected chi connectivity index (χ3v) is 5.49. The number of rotatable bonds is 7. The van der Waals surface area contributed by atoms with Gasteiger partial charge in [-0.25, -0.2) is 0 Å². The number of carbonyl (C=O) groups is 1. The van der Waals surface area contributed by atoms with Gasteiger partial charge in [0.2, 0.25) is 5.13 Å². The van der Waals surface area contributed by atoms with E-state index < -0.39 is 41.6 Å². The second-order valence-electron chi connectivity index (χ2n) is 7.32. The lowest BCUT2D eigenvalue weighted by molar-refractivity contribution is -0.143. The molecule has 0 radical (unpaired) electrons. The molecular weight excluding hydrogens is 526 g/mol. The van der Waals surface area contributed by atoms with E-state index in [0.717, 1.165) is 11.3 Å². The maximum Gasteiger partial charge on any atom is 0.416 e. The molecule has 1 N–H and O–H groups in total. The Morgan fingerprint density at radius 2 is 1.81 bits per heavy atom. The summed E-state index contributed by atoms with van der Waals surface area (Å²) in [5.41, 5.74) is -3.37. The van der Waals surface area contributed by atoms with Gasteiger partial charge in [-0.2, -0.15) is 31.6 Å². The number of aryl methyl sites for hydroxylation is 1. The molecule has 14 heteroatoms. The van der Waals surface area contributed by atoms with Gasteiger partial charge in [0, 0.05) is 5.56 Å². The number of anilines is 1. The molecule has 0 aliphatic heterocycles. The molecule has 0 fully saturated rings. The second-order valence-corrected chi connectivity index (χ2v) is 8.50. The molecule has 0 unspecified atom stereocenters. The van der Waals surface area contributed by atoms with Crippen molar-refractivity contribution in [1.82, 2.24) is 10.2 Å². The fourth-order valence-electron chi connectivity index (χ4n) is 3.02. The quantitative estimate of drug-likeness (QED) is 0.223. The third-order valence-electron chi connectivity index (χ3n) is 4.74. The van der Waals surface area contributed by atoms with Gasteiger partial charge < -0.3 is 9.47 Å². The smallest absolute Gasteiger partial charge is 0.416 e. The van der Waals surface area contributed by atoms with E-state index >= 15 is 0 Å². The van der Waals surface area contributed by atoms with Gasteiger partial charge in [0.1, 0.15) is 23.3 Å². The van der Waals surface area contributed by atoms with Crippen LogP contribution in [0.4, 0.5) is 31.5 Å². The molecule has 0 spiro atoms. The van der Waals surface area contributed by atoms with Crippen LogP contribution in [0.25, 0.3) is 6.08 Å². The SMILES string of the molecule is COc1cc(C=C(C#N)C(=O)Nc2nnc(C)s2)ccc1OCc1ccc(C(F)(F)F)cc1C(F)(F)F. The molecular formula is C23H16F6N4O3S. The average molecular weight is 542 g/mol. The highest BCUT2D eigenvalue weighted by Gasteiger charge is 2.38. The summed E-state index contributed by atoms with van der Waals surface area (Å²) < 4.78 is 89.4. The van der Waals surface area contributed by atoms with Gasteiger partial charge in [-0.05, 0) is 42.8 Å². The van der Waals surface area contributed by atoms with Crippen LogP contribution in [0.15, 0.2) is 42.0 Å². The van der Waals surface area contributed by atoms with Crippen LogP contribution >= 0.6 is 11.3 Å². The van der Waals surface area contributed by atoms with Crippen LogP contribution in [0.2, 0.25) is 0 Å². The fourth-order valence-corrected chi connectivity index (χ4v) is 3.60. The van der Waals surface area contributed by atoms with Crippen molar-refractivity contribution in [3.63, 3.8) is 0 Å². The first-order valence-electron chi connectivity index (χ1n) is 10.1. The highest BCUT2D eigenvalue weighted by molar-refractivity contribution is 7.15. The number of alkyl halides is 6.